The molecule has 0 heterocycles. The molecule has 5 nitrogen and oxygen atoms in total. The molecule has 5 heteroatoms. The van der Waals surface area contributed by atoms with Crippen LogP contribution in [-0.4, -0.2) is 30.2 Å². The summed E-state index contributed by atoms with van der Waals surface area (Å²) in [6, 6.07) is 2.91. The second kappa shape index (κ2) is 6.85. The molecule has 2 N–H and O–H groups in total. The summed E-state index contributed by atoms with van der Waals surface area (Å²) in [7, 11) is 2.89. The molecule has 22 heavy (non-hydrogen) atoms. The van der Waals surface area contributed by atoms with E-state index in [4.69, 9.17) is 9.47 Å². The Morgan fingerprint density at radius 3 is 2.64 bits per heavy atom. The second-order valence-corrected chi connectivity index (χ2v) is 4.83. The van der Waals surface area contributed by atoms with E-state index in [1.54, 1.807) is 24.3 Å². The Morgan fingerprint density at radius 2 is 2.05 bits per heavy atom. The maximum absolute atomic E-state index is 12.3. The van der Waals surface area contributed by atoms with Gasteiger partial charge in [-0.25, -0.2) is 0 Å². The van der Waals surface area contributed by atoms with Crippen molar-refractivity contribution in [1.29, 1.82) is 0 Å². The minimum absolute atomic E-state index is 0.0336. The summed E-state index contributed by atoms with van der Waals surface area (Å²) in [5.74, 6) is 0.373. The van der Waals surface area contributed by atoms with Crippen LogP contribution in [0.25, 0.3) is 0 Å². The quantitative estimate of drug-likeness (QED) is 0.645. The van der Waals surface area contributed by atoms with Crippen LogP contribution in [0.3, 0.4) is 0 Å². The fraction of sp³-hybridized carbons (Fsp3) is 0.235. The van der Waals surface area contributed by atoms with Crippen molar-refractivity contribution in [2.45, 2.75) is 6.42 Å². The minimum Gasteiger partial charge on any atom is -0.508 e. The van der Waals surface area contributed by atoms with Crippen molar-refractivity contribution in [2.24, 2.45) is 5.92 Å². The molecule has 1 atom stereocenters. The third kappa shape index (κ3) is 3.49. The van der Waals surface area contributed by atoms with E-state index in [0.29, 0.717) is 12.2 Å². The molecule has 2 rings (SSSR count). The lowest BCUT2D eigenvalue weighted by Gasteiger charge is -2.11. The number of phenolic OH excluding ortho intramolecular Hbond substituents is 1. The van der Waals surface area contributed by atoms with Crippen molar-refractivity contribution in [3.8, 4) is 17.2 Å². The summed E-state index contributed by atoms with van der Waals surface area (Å²) in [5, 5.41) is 19.3. The van der Waals surface area contributed by atoms with Crippen LogP contribution in [-0.2, 0) is 0 Å². The van der Waals surface area contributed by atoms with Gasteiger partial charge in [-0.1, -0.05) is 12.2 Å². The average molecular weight is 302 g/mol. The molecule has 116 valence electrons. The van der Waals surface area contributed by atoms with Crippen LogP contribution in [0.5, 0.6) is 17.2 Å². The Bertz CT molecular complexity index is 655. The van der Waals surface area contributed by atoms with Crippen LogP contribution in [0.15, 0.2) is 48.3 Å². The number of benzene rings is 1. The maximum atomic E-state index is 12.3. The summed E-state index contributed by atoms with van der Waals surface area (Å²) >= 11 is 0. The van der Waals surface area contributed by atoms with Gasteiger partial charge < -0.3 is 19.7 Å². The molecule has 0 bridgehead atoms. The average Bonchev–Trinajstić information content (AvgIpc) is 2.53. The summed E-state index contributed by atoms with van der Waals surface area (Å²) in [6.45, 7) is 0. The van der Waals surface area contributed by atoms with E-state index < -0.39 is 0 Å². The number of phenols is 1. The standard InChI is InChI=1S/C17H18O5/c1-21-13-9-15(20)17(16(10-13)22-2)14(19)8-5-11-3-6-12(18)7-4-11/h3,5-11,18,20H,4H2,1-2H3/b8-5+. The fourth-order valence-electron chi connectivity index (χ4n) is 2.17. The topological polar surface area (TPSA) is 76.0 Å². The van der Waals surface area contributed by atoms with Gasteiger partial charge in [0.05, 0.1) is 14.2 Å². The summed E-state index contributed by atoms with van der Waals surface area (Å²) < 4.78 is 10.2. The summed E-state index contributed by atoms with van der Waals surface area (Å²) in [5.41, 5.74) is 0.0951. The fourth-order valence-corrected chi connectivity index (χ4v) is 2.17. The van der Waals surface area contributed by atoms with Crippen LogP contribution < -0.4 is 9.47 Å². The lowest BCUT2D eigenvalue weighted by atomic mass is 9.98. The normalized spacial score (nSPS) is 17.4. The van der Waals surface area contributed by atoms with Crippen molar-refractivity contribution >= 4 is 5.78 Å². The molecular weight excluding hydrogens is 284 g/mol. The Hall–Kier alpha value is -2.69. The highest BCUT2D eigenvalue weighted by atomic mass is 16.5. The summed E-state index contributed by atoms with van der Waals surface area (Å²) in [6.07, 6.45) is 8.83. The number of methoxy groups -OCH3 is 2. The summed E-state index contributed by atoms with van der Waals surface area (Å²) in [4.78, 5) is 12.3. The molecule has 1 aliphatic rings. The first-order valence-electron chi connectivity index (χ1n) is 6.80. The number of aliphatic hydroxyl groups is 1. The zero-order chi connectivity index (χ0) is 16.1. The van der Waals surface area contributed by atoms with Gasteiger partial charge in [-0.2, -0.15) is 0 Å². The van der Waals surface area contributed by atoms with E-state index in [2.05, 4.69) is 0 Å². The first-order valence-corrected chi connectivity index (χ1v) is 6.80. The van der Waals surface area contributed by atoms with Crippen LogP contribution >= 0.6 is 0 Å². The van der Waals surface area contributed by atoms with Gasteiger partial charge in [0.2, 0.25) is 0 Å². The molecule has 0 aliphatic heterocycles. The van der Waals surface area contributed by atoms with E-state index in [0.717, 1.165) is 0 Å². The Labute approximate surface area is 128 Å². The van der Waals surface area contributed by atoms with Crippen molar-refractivity contribution < 1.29 is 24.5 Å². The zero-order valence-corrected chi connectivity index (χ0v) is 12.4. The number of allylic oxidation sites excluding steroid dienone is 5. The van der Waals surface area contributed by atoms with Crippen molar-refractivity contribution in [3.05, 3.63) is 53.8 Å². The Kier molecular flexibility index (Phi) is 4.88. The number of hydrogen-bond donors (Lipinski definition) is 2. The third-order valence-corrected chi connectivity index (χ3v) is 3.37. The SMILES string of the molecule is COc1cc(O)c(C(=O)/C=C/C2C=CC(O)=CC2)c(OC)c1. The first kappa shape index (κ1) is 15.7. The van der Waals surface area contributed by atoms with Crippen LogP contribution in [0.4, 0.5) is 0 Å². The van der Waals surface area contributed by atoms with E-state index in [1.165, 1.54) is 26.4 Å². The molecule has 0 spiro atoms. The van der Waals surface area contributed by atoms with Gasteiger partial charge in [0, 0.05) is 12.1 Å². The van der Waals surface area contributed by atoms with Gasteiger partial charge in [0.25, 0.3) is 0 Å². The molecule has 1 aromatic rings. The van der Waals surface area contributed by atoms with Crippen molar-refractivity contribution in [2.75, 3.05) is 14.2 Å². The lowest BCUT2D eigenvalue weighted by molar-refractivity contribution is 0.104. The smallest absolute Gasteiger partial charge is 0.193 e. The number of ketones is 1. The Balaban J connectivity index is 2.21. The number of aromatic hydroxyl groups is 1. The van der Waals surface area contributed by atoms with Crippen molar-refractivity contribution in [3.63, 3.8) is 0 Å². The van der Waals surface area contributed by atoms with E-state index in [9.17, 15) is 15.0 Å². The van der Waals surface area contributed by atoms with Gasteiger partial charge >= 0.3 is 0 Å². The molecule has 0 aromatic heterocycles. The second-order valence-electron chi connectivity index (χ2n) is 4.83. The number of carbonyl (C=O) groups is 1. The zero-order valence-electron chi connectivity index (χ0n) is 12.4. The predicted octanol–water partition coefficient (Wildman–Crippen LogP) is 3.17. The highest BCUT2D eigenvalue weighted by Crippen LogP contribution is 2.33. The maximum Gasteiger partial charge on any atom is 0.193 e. The highest BCUT2D eigenvalue weighted by molar-refractivity contribution is 6.08. The molecule has 1 aromatic carbocycles. The molecule has 0 saturated carbocycles. The van der Waals surface area contributed by atoms with Crippen LogP contribution in [0.1, 0.15) is 16.8 Å². The molecule has 1 unspecified atom stereocenters. The largest absolute Gasteiger partial charge is 0.508 e. The molecule has 1 aliphatic carbocycles. The molecule has 0 fully saturated rings. The number of carbonyl (C=O) groups excluding carboxylic acids is 1. The highest BCUT2D eigenvalue weighted by Gasteiger charge is 2.17. The number of ether oxygens (including phenoxy) is 2. The Morgan fingerprint density at radius 1 is 1.27 bits per heavy atom. The van der Waals surface area contributed by atoms with Crippen LogP contribution in [0, 0.1) is 5.92 Å². The van der Waals surface area contributed by atoms with Gasteiger partial charge in [-0.3, -0.25) is 4.79 Å². The molecular formula is C17H18O5. The lowest BCUT2D eigenvalue weighted by Crippen LogP contribution is -2.02. The minimum atomic E-state index is -0.357. The van der Waals surface area contributed by atoms with E-state index in [1.807, 2.05) is 6.08 Å². The third-order valence-electron chi connectivity index (χ3n) is 3.37. The van der Waals surface area contributed by atoms with Gasteiger partial charge in [0.15, 0.2) is 5.78 Å². The molecule has 0 amide bonds. The van der Waals surface area contributed by atoms with E-state index >= 15 is 0 Å². The number of rotatable bonds is 5. The number of aliphatic hydroxyl groups excluding tert-OH is 1. The van der Waals surface area contributed by atoms with Gasteiger partial charge in [-0.05, 0) is 30.6 Å². The monoisotopic (exact) mass is 302 g/mol. The van der Waals surface area contributed by atoms with Crippen LogP contribution in [0.2, 0.25) is 0 Å². The van der Waals surface area contributed by atoms with Gasteiger partial charge in [-0.15, -0.1) is 0 Å². The number of hydrogen-bond acceptors (Lipinski definition) is 5. The van der Waals surface area contributed by atoms with E-state index in [-0.39, 0.29) is 34.5 Å². The van der Waals surface area contributed by atoms with Crippen molar-refractivity contribution in [1.82, 2.24) is 0 Å². The first-order chi connectivity index (χ1) is 10.5. The molecule has 0 radical (unpaired) electrons. The molecule has 0 saturated heterocycles. The van der Waals surface area contributed by atoms with Gasteiger partial charge in [0.1, 0.15) is 28.6 Å². The predicted molar refractivity (Wildman–Crippen MR) is 82.6 cm³/mol.